The fourth-order valence-corrected chi connectivity index (χ4v) is 3.85. The normalized spacial score (nSPS) is 18.9. The second-order valence-corrected chi connectivity index (χ2v) is 11.5. The number of aliphatic hydroxyl groups is 1. The number of morpholine rings is 1. The van der Waals surface area contributed by atoms with Gasteiger partial charge < -0.3 is 14.7 Å². The molecule has 1 saturated heterocycles. The maximum Gasteiger partial charge on any atom is 0.0599 e. The van der Waals surface area contributed by atoms with Gasteiger partial charge in [-0.1, -0.05) is 19.6 Å². The van der Waals surface area contributed by atoms with Crippen molar-refractivity contribution in [3.63, 3.8) is 0 Å². The van der Waals surface area contributed by atoms with Gasteiger partial charge in [0.25, 0.3) is 0 Å². The van der Waals surface area contributed by atoms with Crippen LogP contribution in [0.3, 0.4) is 0 Å². The van der Waals surface area contributed by atoms with Crippen molar-refractivity contribution in [2.75, 3.05) is 58.7 Å². The second-order valence-electron chi connectivity index (χ2n) is 6.01. The predicted molar refractivity (Wildman–Crippen MR) is 74.1 cm³/mol. The van der Waals surface area contributed by atoms with E-state index in [0.717, 1.165) is 45.9 Å². The molecule has 0 spiro atoms. The van der Waals surface area contributed by atoms with E-state index in [1.54, 1.807) is 0 Å². The van der Waals surface area contributed by atoms with Gasteiger partial charge in [-0.25, -0.2) is 0 Å². The third-order valence-corrected chi connectivity index (χ3v) is 4.35. The lowest BCUT2D eigenvalue weighted by Gasteiger charge is -2.32. The molecule has 102 valence electrons. The SMILES string of the molecule is C[Si](C)(C)CN(CCO)CCN1CCOCC1. The number of hydrogen-bond donors (Lipinski definition) is 1. The Labute approximate surface area is 107 Å². The van der Waals surface area contributed by atoms with Gasteiger partial charge in [0.2, 0.25) is 0 Å². The van der Waals surface area contributed by atoms with Crippen molar-refractivity contribution in [3.05, 3.63) is 0 Å². The van der Waals surface area contributed by atoms with Crippen molar-refractivity contribution in [2.24, 2.45) is 0 Å². The Morgan fingerprint density at radius 1 is 1.18 bits per heavy atom. The molecule has 1 aliphatic heterocycles. The average Bonchev–Trinajstić information content (AvgIpc) is 2.26. The summed E-state index contributed by atoms with van der Waals surface area (Å²) in [5.41, 5.74) is 0. The summed E-state index contributed by atoms with van der Waals surface area (Å²) in [5.74, 6) is 0. The highest BCUT2D eigenvalue weighted by Gasteiger charge is 2.19. The maximum absolute atomic E-state index is 9.11. The van der Waals surface area contributed by atoms with Crippen molar-refractivity contribution in [2.45, 2.75) is 19.6 Å². The molecular weight excluding hydrogens is 232 g/mol. The van der Waals surface area contributed by atoms with Crippen LogP contribution in [0.2, 0.25) is 19.6 Å². The Morgan fingerprint density at radius 3 is 2.35 bits per heavy atom. The topological polar surface area (TPSA) is 35.9 Å². The Morgan fingerprint density at radius 2 is 1.82 bits per heavy atom. The summed E-state index contributed by atoms with van der Waals surface area (Å²) in [6.07, 6.45) is 1.18. The largest absolute Gasteiger partial charge is 0.395 e. The molecule has 1 fully saturated rings. The molecule has 0 unspecified atom stereocenters. The van der Waals surface area contributed by atoms with Crippen molar-refractivity contribution in [1.82, 2.24) is 9.80 Å². The highest BCUT2D eigenvalue weighted by Crippen LogP contribution is 2.05. The molecule has 4 nitrogen and oxygen atoms in total. The van der Waals surface area contributed by atoms with Gasteiger partial charge in [-0.15, -0.1) is 0 Å². The van der Waals surface area contributed by atoms with Crippen LogP contribution >= 0.6 is 0 Å². The first kappa shape index (κ1) is 15.1. The molecule has 0 aromatic carbocycles. The number of aliphatic hydroxyl groups excluding tert-OH is 1. The van der Waals surface area contributed by atoms with E-state index < -0.39 is 8.07 Å². The molecule has 0 aromatic rings. The number of ether oxygens (including phenoxy) is 1. The molecule has 5 heteroatoms. The molecule has 0 bridgehead atoms. The quantitative estimate of drug-likeness (QED) is 0.676. The Bertz CT molecular complexity index is 203. The molecular formula is C12H28N2O2Si. The highest BCUT2D eigenvalue weighted by atomic mass is 28.3. The molecule has 0 aliphatic carbocycles. The van der Waals surface area contributed by atoms with Crippen LogP contribution in [-0.2, 0) is 4.74 Å². The van der Waals surface area contributed by atoms with Gasteiger partial charge in [0.15, 0.2) is 0 Å². The Balaban J connectivity index is 2.27. The smallest absolute Gasteiger partial charge is 0.0599 e. The lowest BCUT2D eigenvalue weighted by molar-refractivity contribution is 0.0334. The van der Waals surface area contributed by atoms with Crippen molar-refractivity contribution in [1.29, 1.82) is 0 Å². The highest BCUT2D eigenvalue weighted by molar-refractivity contribution is 6.76. The summed E-state index contributed by atoms with van der Waals surface area (Å²) < 4.78 is 5.35. The summed E-state index contributed by atoms with van der Waals surface area (Å²) in [5, 5.41) is 9.11. The van der Waals surface area contributed by atoms with E-state index in [2.05, 4.69) is 29.4 Å². The van der Waals surface area contributed by atoms with Crippen LogP contribution in [0.5, 0.6) is 0 Å². The molecule has 1 N–H and O–H groups in total. The maximum atomic E-state index is 9.11. The van der Waals surface area contributed by atoms with Crippen LogP contribution in [0.1, 0.15) is 0 Å². The van der Waals surface area contributed by atoms with Crippen LogP contribution in [0.15, 0.2) is 0 Å². The van der Waals surface area contributed by atoms with E-state index in [1.807, 2.05) is 0 Å². The average molecular weight is 260 g/mol. The fourth-order valence-electron chi connectivity index (χ4n) is 2.19. The van der Waals surface area contributed by atoms with Crippen molar-refractivity contribution in [3.8, 4) is 0 Å². The third-order valence-electron chi connectivity index (χ3n) is 2.95. The summed E-state index contributed by atoms with van der Waals surface area (Å²) in [7, 11) is -1.07. The van der Waals surface area contributed by atoms with E-state index >= 15 is 0 Å². The molecule has 0 saturated carbocycles. The minimum absolute atomic E-state index is 0.271. The fraction of sp³-hybridized carbons (Fsp3) is 1.00. The predicted octanol–water partition coefficient (Wildman–Crippen LogP) is 0.490. The molecule has 0 amide bonds. The van der Waals surface area contributed by atoms with E-state index in [-0.39, 0.29) is 6.61 Å². The van der Waals surface area contributed by atoms with E-state index in [4.69, 9.17) is 9.84 Å². The molecule has 0 atom stereocenters. The van der Waals surface area contributed by atoms with Gasteiger partial charge in [0.05, 0.1) is 27.9 Å². The van der Waals surface area contributed by atoms with Gasteiger partial charge in [-0.05, 0) is 6.17 Å². The van der Waals surface area contributed by atoms with E-state index in [0.29, 0.717) is 0 Å². The molecule has 17 heavy (non-hydrogen) atoms. The monoisotopic (exact) mass is 260 g/mol. The molecule has 1 aliphatic rings. The summed E-state index contributed by atoms with van der Waals surface area (Å²) in [6.45, 7) is 14.3. The summed E-state index contributed by atoms with van der Waals surface area (Å²) in [4.78, 5) is 4.87. The lowest BCUT2D eigenvalue weighted by atomic mass is 10.4. The van der Waals surface area contributed by atoms with E-state index in [9.17, 15) is 0 Å². The summed E-state index contributed by atoms with van der Waals surface area (Å²) in [6, 6.07) is 0. The zero-order valence-corrected chi connectivity index (χ0v) is 12.6. The second kappa shape index (κ2) is 7.48. The van der Waals surface area contributed by atoms with Crippen molar-refractivity contribution < 1.29 is 9.84 Å². The minimum Gasteiger partial charge on any atom is -0.395 e. The lowest BCUT2D eigenvalue weighted by Crippen LogP contribution is -2.46. The molecule has 0 aromatic heterocycles. The molecule has 1 rings (SSSR count). The number of rotatable bonds is 7. The van der Waals surface area contributed by atoms with Gasteiger partial charge in [0, 0.05) is 32.7 Å². The van der Waals surface area contributed by atoms with Gasteiger partial charge in [-0.3, -0.25) is 4.90 Å². The molecule has 1 heterocycles. The van der Waals surface area contributed by atoms with Crippen LogP contribution in [0.25, 0.3) is 0 Å². The minimum atomic E-state index is -1.07. The van der Waals surface area contributed by atoms with Crippen LogP contribution < -0.4 is 0 Å². The number of nitrogens with zero attached hydrogens (tertiary/aromatic N) is 2. The standard InChI is InChI=1S/C12H28N2O2Si/c1-17(2,3)12-14(6-9-15)5-4-13-7-10-16-11-8-13/h15H,4-12H2,1-3H3. The van der Waals surface area contributed by atoms with Crippen LogP contribution in [0, 0.1) is 0 Å². The van der Waals surface area contributed by atoms with Gasteiger partial charge in [0.1, 0.15) is 0 Å². The third kappa shape index (κ3) is 7.16. The van der Waals surface area contributed by atoms with Gasteiger partial charge >= 0.3 is 0 Å². The molecule has 0 radical (unpaired) electrons. The Hall–Kier alpha value is 0.0569. The number of hydrogen-bond acceptors (Lipinski definition) is 4. The van der Waals surface area contributed by atoms with E-state index in [1.165, 1.54) is 6.17 Å². The first-order chi connectivity index (χ1) is 8.01. The first-order valence-electron chi connectivity index (χ1n) is 6.64. The zero-order chi connectivity index (χ0) is 12.7. The Kier molecular flexibility index (Phi) is 6.65. The summed E-state index contributed by atoms with van der Waals surface area (Å²) >= 11 is 0. The van der Waals surface area contributed by atoms with Crippen LogP contribution in [-0.4, -0.2) is 81.7 Å². The van der Waals surface area contributed by atoms with Gasteiger partial charge in [-0.2, -0.15) is 0 Å². The first-order valence-corrected chi connectivity index (χ1v) is 10.4. The zero-order valence-electron chi connectivity index (χ0n) is 11.6. The van der Waals surface area contributed by atoms with Crippen molar-refractivity contribution >= 4 is 8.07 Å². The van der Waals surface area contributed by atoms with Crippen LogP contribution in [0.4, 0.5) is 0 Å².